The standard InChI is InChI=1S/C17H19FN6O3/c1-23(10-11-8-12(18)2-3-14(11)26)15-4-6-24-16(22-15)13(9-20-24)21-17(27)19-5-7-25/h2-4,6,8-9,25-26H,5,7,10H2,1H3,(H2,19,21,27). The Labute approximate surface area is 154 Å². The highest BCUT2D eigenvalue weighted by Gasteiger charge is 2.13. The van der Waals surface area contributed by atoms with Crippen molar-refractivity contribution in [2.45, 2.75) is 6.54 Å². The maximum absolute atomic E-state index is 13.4. The van der Waals surface area contributed by atoms with Crippen molar-refractivity contribution in [3.8, 4) is 5.75 Å². The number of nitrogens with one attached hydrogen (secondary N) is 2. The van der Waals surface area contributed by atoms with Gasteiger partial charge in [0.1, 0.15) is 23.1 Å². The molecule has 142 valence electrons. The average Bonchev–Trinajstić information content (AvgIpc) is 3.05. The van der Waals surface area contributed by atoms with Gasteiger partial charge >= 0.3 is 6.03 Å². The molecule has 0 bridgehead atoms. The van der Waals surface area contributed by atoms with Gasteiger partial charge in [-0.25, -0.2) is 18.7 Å². The molecule has 0 atom stereocenters. The molecule has 27 heavy (non-hydrogen) atoms. The minimum Gasteiger partial charge on any atom is -0.508 e. The van der Waals surface area contributed by atoms with E-state index in [0.717, 1.165) is 0 Å². The van der Waals surface area contributed by atoms with E-state index in [1.807, 2.05) is 0 Å². The van der Waals surface area contributed by atoms with Gasteiger partial charge in [0.25, 0.3) is 0 Å². The fourth-order valence-corrected chi connectivity index (χ4v) is 2.51. The lowest BCUT2D eigenvalue weighted by Gasteiger charge is -2.19. The minimum atomic E-state index is -0.482. The second-order valence-corrected chi connectivity index (χ2v) is 5.85. The van der Waals surface area contributed by atoms with Crippen LogP contribution in [0, 0.1) is 5.82 Å². The summed E-state index contributed by atoms with van der Waals surface area (Å²) in [6, 6.07) is 4.99. The van der Waals surface area contributed by atoms with Crippen molar-refractivity contribution in [1.29, 1.82) is 0 Å². The molecule has 10 heteroatoms. The number of halogens is 1. The van der Waals surface area contributed by atoms with E-state index < -0.39 is 11.8 Å². The number of phenols is 1. The van der Waals surface area contributed by atoms with Crippen molar-refractivity contribution < 1.29 is 19.4 Å². The van der Waals surface area contributed by atoms with Crippen LogP contribution in [0.25, 0.3) is 5.65 Å². The largest absolute Gasteiger partial charge is 0.508 e. The number of amides is 2. The molecule has 2 aromatic heterocycles. The lowest BCUT2D eigenvalue weighted by Crippen LogP contribution is -2.31. The molecule has 2 heterocycles. The summed E-state index contributed by atoms with van der Waals surface area (Å²) in [4.78, 5) is 18.0. The Hall–Kier alpha value is -3.40. The number of nitrogens with zero attached hydrogens (tertiary/aromatic N) is 4. The van der Waals surface area contributed by atoms with E-state index in [2.05, 4.69) is 20.7 Å². The molecule has 0 aliphatic carbocycles. The van der Waals surface area contributed by atoms with Gasteiger partial charge in [-0.3, -0.25) is 0 Å². The molecule has 3 rings (SSSR count). The first-order valence-corrected chi connectivity index (χ1v) is 8.16. The smallest absolute Gasteiger partial charge is 0.319 e. The molecule has 0 aliphatic rings. The van der Waals surface area contributed by atoms with Gasteiger partial charge in [-0.15, -0.1) is 0 Å². The molecule has 4 N–H and O–H groups in total. The van der Waals surface area contributed by atoms with Crippen molar-refractivity contribution in [1.82, 2.24) is 19.9 Å². The average molecular weight is 374 g/mol. The van der Waals surface area contributed by atoms with Crippen molar-refractivity contribution >= 4 is 23.2 Å². The molecule has 0 spiro atoms. The third-order valence-corrected chi connectivity index (χ3v) is 3.84. The molecule has 9 nitrogen and oxygen atoms in total. The van der Waals surface area contributed by atoms with Crippen molar-refractivity contribution in [3.63, 3.8) is 0 Å². The van der Waals surface area contributed by atoms with E-state index in [0.29, 0.717) is 22.7 Å². The fraction of sp³-hybridized carbons (Fsp3) is 0.235. The monoisotopic (exact) mass is 374 g/mol. The molecule has 2 amide bonds. The number of fused-ring (bicyclic) bond motifs is 1. The van der Waals surface area contributed by atoms with Gasteiger partial charge in [0.2, 0.25) is 0 Å². The van der Waals surface area contributed by atoms with Gasteiger partial charge in [-0.05, 0) is 24.3 Å². The van der Waals surface area contributed by atoms with Crippen LogP contribution < -0.4 is 15.5 Å². The highest BCUT2D eigenvalue weighted by Crippen LogP contribution is 2.23. The third-order valence-electron chi connectivity index (χ3n) is 3.84. The van der Waals surface area contributed by atoms with E-state index in [-0.39, 0.29) is 25.4 Å². The molecule has 0 radical (unpaired) electrons. The number of carbonyl (C=O) groups is 1. The number of carbonyl (C=O) groups excluding carboxylic acids is 1. The molecule has 1 aromatic carbocycles. The number of aromatic nitrogens is 3. The van der Waals surface area contributed by atoms with E-state index >= 15 is 0 Å². The zero-order valence-corrected chi connectivity index (χ0v) is 14.6. The van der Waals surface area contributed by atoms with Crippen LogP contribution in [0.4, 0.5) is 20.7 Å². The minimum absolute atomic E-state index is 0.00316. The lowest BCUT2D eigenvalue weighted by atomic mass is 10.2. The first-order chi connectivity index (χ1) is 13.0. The van der Waals surface area contributed by atoms with Crippen LogP contribution in [0.1, 0.15) is 5.56 Å². The Morgan fingerprint density at radius 1 is 1.37 bits per heavy atom. The quantitative estimate of drug-likeness (QED) is 0.517. The first-order valence-electron chi connectivity index (χ1n) is 8.16. The van der Waals surface area contributed by atoms with Gasteiger partial charge in [0.15, 0.2) is 5.65 Å². The van der Waals surface area contributed by atoms with Crippen molar-refractivity contribution in [2.24, 2.45) is 0 Å². The molecule has 0 saturated heterocycles. The Kier molecular flexibility index (Phi) is 5.36. The summed E-state index contributed by atoms with van der Waals surface area (Å²) in [7, 11) is 1.75. The van der Waals surface area contributed by atoms with Crippen LogP contribution in [0.2, 0.25) is 0 Å². The fourth-order valence-electron chi connectivity index (χ4n) is 2.51. The van der Waals surface area contributed by atoms with Crippen LogP contribution >= 0.6 is 0 Å². The number of rotatable bonds is 6. The van der Waals surface area contributed by atoms with Crippen LogP contribution in [0.3, 0.4) is 0 Å². The summed E-state index contributed by atoms with van der Waals surface area (Å²) in [6.07, 6.45) is 3.14. The maximum Gasteiger partial charge on any atom is 0.319 e. The van der Waals surface area contributed by atoms with E-state index in [9.17, 15) is 14.3 Å². The number of hydrogen-bond acceptors (Lipinski definition) is 6. The second-order valence-electron chi connectivity index (χ2n) is 5.85. The maximum atomic E-state index is 13.4. The van der Waals surface area contributed by atoms with Gasteiger partial charge < -0.3 is 25.7 Å². The third kappa shape index (κ3) is 4.23. The molecule has 0 saturated carbocycles. The van der Waals surface area contributed by atoms with Gasteiger partial charge in [0, 0.05) is 31.9 Å². The number of hydrogen-bond donors (Lipinski definition) is 4. The van der Waals surface area contributed by atoms with Gasteiger partial charge in [-0.2, -0.15) is 5.10 Å². The normalized spacial score (nSPS) is 10.8. The molecule has 0 aliphatic heterocycles. The highest BCUT2D eigenvalue weighted by atomic mass is 19.1. The van der Waals surface area contributed by atoms with Crippen LogP contribution in [0.5, 0.6) is 5.75 Å². The van der Waals surface area contributed by atoms with E-state index in [1.165, 1.54) is 28.9 Å². The number of phenolic OH excluding ortho intramolecular Hbond substituents is 1. The first kappa shape index (κ1) is 18.4. The summed E-state index contributed by atoms with van der Waals surface area (Å²) >= 11 is 0. The molecular formula is C17H19FN6O3. The summed E-state index contributed by atoms with van der Waals surface area (Å²) in [5.74, 6) is 0.109. The Balaban J connectivity index is 1.81. The summed E-state index contributed by atoms with van der Waals surface area (Å²) in [5, 5.41) is 27.8. The molecule has 3 aromatic rings. The summed E-state index contributed by atoms with van der Waals surface area (Å²) in [6.45, 7) is 0.201. The molecule has 0 fully saturated rings. The second kappa shape index (κ2) is 7.87. The van der Waals surface area contributed by atoms with Crippen molar-refractivity contribution in [2.75, 3.05) is 30.4 Å². The number of urea groups is 1. The van der Waals surface area contributed by atoms with Crippen LogP contribution in [0.15, 0.2) is 36.7 Å². The van der Waals surface area contributed by atoms with E-state index in [1.54, 1.807) is 24.2 Å². The Bertz CT molecular complexity index is 961. The summed E-state index contributed by atoms with van der Waals surface area (Å²) < 4.78 is 14.9. The number of aliphatic hydroxyl groups is 1. The lowest BCUT2D eigenvalue weighted by molar-refractivity contribution is 0.245. The predicted octanol–water partition coefficient (Wildman–Crippen LogP) is 1.32. The van der Waals surface area contributed by atoms with E-state index in [4.69, 9.17) is 5.11 Å². The summed E-state index contributed by atoms with van der Waals surface area (Å²) in [5.41, 5.74) is 1.24. The number of benzene rings is 1. The zero-order valence-electron chi connectivity index (χ0n) is 14.6. The Morgan fingerprint density at radius 2 is 2.19 bits per heavy atom. The topological polar surface area (TPSA) is 115 Å². The van der Waals surface area contributed by atoms with Gasteiger partial charge in [-0.1, -0.05) is 0 Å². The number of anilines is 2. The van der Waals surface area contributed by atoms with Crippen LogP contribution in [-0.2, 0) is 6.54 Å². The Morgan fingerprint density at radius 3 is 2.96 bits per heavy atom. The predicted molar refractivity (Wildman–Crippen MR) is 97.3 cm³/mol. The number of aromatic hydroxyl groups is 1. The van der Waals surface area contributed by atoms with Gasteiger partial charge in [0.05, 0.1) is 12.8 Å². The highest BCUT2D eigenvalue weighted by molar-refractivity contribution is 5.93. The zero-order chi connectivity index (χ0) is 19.4. The molecule has 0 unspecified atom stereocenters. The van der Waals surface area contributed by atoms with Crippen molar-refractivity contribution in [3.05, 3.63) is 48.0 Å². The SMILES string of the molecule is CN(Cc1cc(F)ccc1O)c1ccn2ncc(NC(=O)NCCO)c2n1. The molecular weight excluding hydrogens is 355 g/mol. The number of aliphatic hydroxyl groups excluding tert-OH is 1. The van der Waals surface area contributed by atoms with Crippen LogP contribution in [-0.4, -0.2) is 51.0 Å².